The number of ether oxygens (including phenoxy) is 5. The molecule has 0 aromatic heterocycles. The highest BCUT2D eigenvalue weighted by Gasteiger charge is 2.40. The summed E-state index contributed by atoms with van der Waals surface area (Å²) in [5.74, 6) is 0. The van der Waals surface area contributed by atoms with Crippen LogP contribution in [0.3, 0.4) is 0 Å². The molecule has 2 aromatic rings. The molecule has 5 rings (SSSR count). The van der Waals surface area contributed by atoms with Crippen LogP contribution < -0.4 is 0 Å². The van der Waals surface area contributed by atoms with Crippen LogP contribution in [0.5, 0.6) is 0 Å². The minimum atomic E-state index is -0.242. The van der Waals surface area contributed by atoms with Gasteiger partial charge in [0.05, 0.1) is 43.7 Å². The van der Waals surface area contributed by atoms with Crippen molar-refractivity contribution in [1.82, 2.24) is 0 Å². The molecule has 0 saturated carbocycles. The summed E-state index contributed by atoms with van der Waals surface area (Å²) >= 11 is 0. The van der Waals surface area contributed by atoms with Crippen LogP contribution in [0.15, 0.2) is 85.0 Å². The zero-order valence-electron chi connectivity index (χ0n) is 22.0. The third-order valence-electron chi connectivity index (χ3n) is 7.40. The van der Waals surface area contributed by atoms with E-state index in [2.05, 4.69) is 62.4 Å². The molecule has 0 aliphatic carbocycles. The molecule has 198 valence electrons. The molecule has 5 heteroatoms. The summed E-state index contributed by atoms with van der Waals surface area (Å²) in [5.41, 5.74) is 2.17. The van der Waals surface area contributed by atoms with E-state index in [9.17, 15) is 0 Å². The second-order valence-electron chi connectivity index (χ2n) is 10.9. The summed E-state index contributed by atoms with van der Waals surface area (Å²) in [4.78, 5) is 0. The molecule has 1 fully saturated rings. The summed E-state index contributed by atoms with van der Waals surface area (Å²) in [6, 6.07) is 20.5. The van der Waals surface area contributed by atoms with Crippen molar-refractivity contribution in [2.24, 2.45) is 0 Å². The topological polar surface area (TPSA) is 46.2 Å². The Morgan fingerprint density at radius 3 is 2.19 bits per heavy atom. The van der Waals surface area contributed by atoms with Crippen LogP contribution in [0.2, 0.25) is 0 Å². The van der Waals surface area contributed by atoms with Gasteiger partial charge in [-0.25, -0.2) is 0 Å². The predicted octanol–water partition coefficient (Wildman–Crippen LogP) is 6.17. The highest BCUT2D eigenvalue weighted by Crippen LogP contribution is 2.35. The summed E-state index contributed by atoms with van der Waals surface area (Å²) in [7, 11) is 0. The molecule has 0 bridgehead atoms. The van der Waals surface area contributed by atoms with Gasteiger partial charge in [0, 0.05) is 0 Å². The van der Waals surface area contributed by atoms with Gasteiger partial charge in [0.15, 0.2) is 0 Å². The number of benzene rings is 2. The van der Waals surface area contributed by atoms with Crippen molar-refractivity contribution in [2.75, 3.05) is 6.61 Å². The van der Waals surface area contributed by atoms with E-state index in [1.54, 1.807) is 0 Å². The Morgan fingerprint density at radius 1 is 0.784 bits per heavy atom. The second kappa shape index (κ2) is 12.5. The molecule has 6 atom stereocenters. The smallest absolute Gasteiger partial charge is 0.111 e. The number of hydrogen-bond donors (Lipinski definition) is 0. The molecule has 3 aliphatic rings. The quantitative estimate of drug-likeness (QED) is 0.422. The summed E-state index contributed by atoms with van der Waals surface area (Å²) in [6.07, 6.45) is 11.7. The molecule has 0 N–H and O–H groups in total. The first-order valence-corrected chi connectivity index (χ1v) is 13.6. The molecule has 1 saturated heterocycles. The monoisotopic (exact) mass is 504 g/mol. The van der Waals surface area contributed by atoms with Crippen molar-refractivity contribution in [3.05, 3.63) is 96.1 Å². The van der Waals surface area contributed by atoms with Gasteiger partial charge < -0.3 is 23.7 Å². The Morgan fingerprint density at radius 2 is 1.46 bits per heavy atom. The predicted molar refractivity (Wildman–Crippen MR) is 144 cm³/mol. The first-order valence-electron chi connectivity index (χ1n) is 13.6. The van der Waals surface area contributed by atoms with E-state index in [1.807, 2.05) is 36.4 Å². The van der Waals surface area contributed by atoms with Gasteiger partial charge in [-0.3, -0.25) is 0 Å². The average molecular weight is 505 g/mol. The van der Waals surface area contributed by atoms with Gasteiger partial charge in [0.1, 0.15) is 18.3 Å². The van der Waals surface area contributed by atoms with Crippen molar-refractivity contribution in [3.8, 4) is 0 Å². The lowest BCUT2D eigenvalue weighted by Gasteiger charge is -2.42. The van der Waals surface area contributed by atoms with Gasteiger partial charge in [0.25, 0.3) is 0 Å². The Bertz CT molecular complexity index is 1020. The minimum Gasteiger partial charge on any atom is -0.374 e. The van der Waals surface area contributed by atoms with E-state index in [0.29, 0.717) is 19.8 Å². The molecular weight excluding hydrogens is 464 g/mol. The lowest BCUT2D eigenvalue weighted by molar-refractivity contribution is -0.200. The first kappa shape index (κ1) is 26.3. The van der Waals surface area contributed by atoms with E-state index in [4.69, 9.17) is 23.7 Å². The maximum absolute atomic E-state index is 6.74. The third kappa shape index (κ3) is 7.40. The maximum atomic E-state index is 6.74. The van der Waals surface area contributed by atoms with Crippen LogP contribution in [0.25, 0.3) is 0 Å². The molecule has 0 unspecified atom stereocenters. The third-order valence-corrected chi connectivity index (χ3v) is 7.40. The first-order chi connectivity index (χ1) is 18.1. The van der Waals surface area contributed by atoms with Gasteiger partial charge in [-0.2, -0.15) is 0 Å². The lowest BCUT2D eigenvalue weighted by atomic mass is 9.91. The van der Waals surface area contributed by atoms with Crippen molar-refractivity contribution in [3.63, 3.8) is 0 Å². The molecule has 37 heavy (non-hydrogen) atoms. The zero-order valence-corrected chi connectivity index (χ0v) is 22.0. The normalized spacial score (nSPS) is 32.2. The number of hydrogen-bond acceptors (Lipinski definition) is 5. The summed E-state index contributed by atoms with van der Waals surface area (Å²) in [6.45, 7) is 5.84. The number of fused-ring (bicyclic) bond motifs is 2. The van der Waals surface area contributed by atoms with Crippen molar-refractivity contribution >= 4 is 0 Å². The molecule has 2 aromatic carbocycles. The standard InChI is InChI=1S/C32H40O5/c1-32(2)20-19-29-30(37-32)16-10-9-15-27-28(35-29)18-17-26(34-22-25-13-7-4-8-14-25)31(36-27)23-33-21-24-11-5-3-6-12-24/h3-14,17-18,26-31H,15-16,19-23H2,1-2H3/b10-9-/t26-,27-,28+,29-,30+,31+/m1/s1. The number of rotatable bonds is 7. The largest absolute Gasteiger partial charge is 0.374 e. The van der Waals surface area contributed by atoms with Crippen LogP contribution in [-0.2, 0) is 36.9 Å². The second-order valence-corrected chi connectivity index (χ2v) is 10.9. The van der Waals surface area contributed by atoms with Crippen LogP contribution in [0.1, 0.15) is 50.7 Å². The van der Waals surface area contributed by atoms with E-state index >= 15 is 0 Å². The van der Waals surface area contributed by atoms with Gasteiger partial charge in [-0.15, -0.1) is 0 Å². The van der Waals surface area contributed by atoms with Crippen LogP contribution >= 0.6 is 0 Å². The molecule has 5 nitrogen and oxygen atoms in total. The van der Waals surface area contributed by atoms with Gasteiger partial charge in [-0.05, 0) is 50.7 Å². The molecular formula is C32H40O5. The molecule has 0 radical (unpaired) electrons. The molecule has 0 spiro atoms. The lowest BCUT2D eigenvalue weighted by Crippen LogP contribution is -2.47. The van der Waals surface area contributed by atoms with Crippen molar-refractivity contribution in [2.45, 2.75) is 95.0 Å². The maximum Gasteiger partial charge on any atom is 0.111 e. The fourth-order valence-corrected chi connectivity index (χ4v) is 5.34. The molecule has 3 aliphatic heterocycles. The minimum absolute atomic E-state index is 0.0473. The Labute approximate surface area is 221 Å². The average Bonchev–Trinajstić information content (AvgIpc) is 3.01. The van der Waals surface area contributed by atoms with E-state index in [-0.39, 0.29) is 42.2 Å². The molecule has 0 amide bonds. The van der Waals surface area contributed by atoms with Crippen molar-refractivity contribution in [1.29, 1.82) is 0 Å². The highest BCUT2D eigenvalue weighted by atomic mass is 16.6. The molecule has 3 heterocycles. The van der Waals surface area contributed by atoms with Gasteiger partial charge in [0.2, 0.25) is 0 Å². The fourth-order valence-electron chi connectivity index (χ4n) is 5.34. The van der Waals surface area contributed by atoms with E-state index in [0.717, 1.165) is 36.8 Å². The highest BCUT2D eigenvalue weighted by molar-refractivity contribution is 5.15. The van der Waals surface area contributed by atoms with Crippen molar-refractivity contribution < 1.29 is 23.7 Å². The SMILES string of the molecule is CC1(C)CC[C@H]2O[C@H]3C=C[C@@H](OCc4ccccc4)[C@H](COCc4ccccc4)O[C@@H]3C/C=C\C[C@@H]2O1. The Hall–Kier alpha value is -2.28. The summed E-state index contributed by atoms with van der Waals surface area (Å²) < 4.78 is 32.4. The van der Waals surface area contributed by atoms with Crippen LogP contribution in [0, 0.1) is 0 Å². The fraction of sp³-hybridized carbons (Fsp3) is 0.500. The van der Waals surface area contributed by atoms with E-state index < -0.39 is 0 Å². The van der Waals surface area contributed by atoms with Gasteiger partial charge in [-0.1, -0.05) is 85.0 Å². The summed E-state index contributed by atoms with van der Waals surface area (Å²) in [5, 5.41) is 0. The van der Waals surface area contributed by atoms with Gasteiger partial charge >= 0.3 is 0 Å². The van der Waals surface area contributed by atoms with Crippen LogP contribution in [-0.4, -0.2) is 48.8 Å². The zero-order chi connectivity index (χ0) is 25.5. The van der Waals surface area contributed by atoms with E-state index in [1.165, 1.54) is 0 Å². The Balaban J connectivity index is 1.30. The van der Waals surface area contributed by atoms with Crippen LogP contribution in [0.4, 0.5) is 0 Å². The Kier molecular flexibility index (Phi) is 8.90.